The normalized spacial score (nSPS) is 10.8. The largest absolute Gasteiger partial charge is 0.477 e. The minimum atomic E-state index is 0.568. The van der Waals surface area contributed by atoms with Crippen LogP contribution in [0.15, 0.2) is 47.7 Å². The van der Waals surface area contributed by atoms with Crippen LogP contribution in [0.2, 0.25) is 5.02 Å². The van der Waals surface area contributed by atoms with Gasteiger partial charge in [-0.1, -0.05) is 23.7 Å². The molecule has 1 aromatic carbocycles. The maximum absolute atomic E-state index is 5.82. The SMILES string of the molecule is NN=Cc1ccc(OCCc2ccc(Cl)cc2)nc1. The fourth-order valence-electron chi connectivity index (χ4n) is 1.56. The van der Waals surface area contributed by atoms with Gasteiger partial charge in [-0.3, -0.25) is 0 Å². The van der Waals surface area contributed by atoms with Gasteiger partial charge >= 0.3 is 0 Å². The van der Waals surface area contributed by atoms with Crippen LogP contribution in [0, 0.1) is 0 Å². The number of nitrogens with two attached hydrogens (primary N) is 1. The Kier molecular flexibility index (Phi) is 4.75. The third-order valence-corrected chi connectivity index (χ3v) is 2.79. The van der Waals surface area contributed by atoms with Crippen molar-refractivity contribution in [1.29, 1.82) is 0 Å². The second kappa shape index (κ2) is 6.75. The fraction of sp³-hybridized carbons (Fsp3) is 0.143. The van der Waals surface area contributed by atoms with E-state index in [4.69, 9.17) is 22.2 Å². The topological polar surface area (TPSA) is 60.5 Å². The van der Waals surface area contributed by atoms with Gasteiger partial charge in [0.05, 0.1) is 12.8 Å². The highest BCUT2D eigenvalue weighted by molar-refractivity contribution is 6.30. The van der Waals surface area contributed by atoms with E-state index >= 15 is 0 Å². The van der Waals surface area contributed by atoms with Crippen molar-refractivity contribution in [3.63, 3.8) is 0 Å². The summed E-state index contributed by atoms with van der Waals surface area (Å²) in [5, 5.41) is 4.17. The molecule has 0 unspecified atom stereocenters. The number of halogens is 1. The van der Waals surface area contributed by atoms with Crippen molar-refractivity contribution in [2.45, 2.75) is 6.42 Å². The van der Waals surface area contributed by atoms with Gasteiger partial charge in [-0.15, -0.1) is 0 Å². The first-order valence-corrected chi connectivity index (χ1v) is 6.22. The number of rotatable bonds is 5. The third-order valence-electron chi connectivity index (χ3n) is 2.54. The average molecular weight is 276 g/mol. The molecule has 0 aliphatic carbocycles. The fourth-order valence-corrected chi connectivity index (χ4v) is 1.69. The number of pyridine rings is 1. The summed E-state index contributed by atoms with van der Waals surface area (Å²) >= 11 is 5.82. The minimum Gasteiger partial charge on any atom is -0.477 e. The Labute approximate surface area is 116 Å². The molecule has 0 saturated heterocycles. The first-order chi connectivity index (χ1) is 9.28. The molecule has 0 aliphatic rings. The van der Waals surface area contributed by atoms with E-state index in [1.807, 2.05) is 30.3 Å². The summed E-state index contributed by atoms with van der Waals surface area (Å²) in [5.41, 5.74) is 2.02. The number of benzene rings is 1. The molecule has 4 nitrogen and oxygen atoms in total. The standard InChI is InChI=1S/C14H14ClN3O/c15-13-4-1-11(2-5-13)7-8-19-14-6-3-12(9-17-14)10-18-16/h1-6,9-10H,7-8,16H2. The molecule has 98 valence electrons. The Hall–Kier alpha value is -2.07. The van der Waals surface area contributed by atoms with Gasteiger partial charge in [0, 0.05) is 29.3 Å². The lowest BCUT2D eigenvalue weighted by Crippen LogP contribution is -2.02. The molecule has 0 fully saturated rings. The summed E-state index contributed by atoms with van der Waals surface area (Å²) in [6, 6.07) is 11.4. The van der Waals surface area contributed by atoms with Crippen molar-refractivity contribution >= 4 is 17.8 Å². The zero-order chi connectivity index (χ0) is 13.5. The molecule has 0 radical (unpaired) electrons. The predicted octanol–water partition coefficient (Wildman–Crippen LogP) is 2.65. The molecule has 2 rings (SSSR count). The van der Waals surface area contributed by atoms with Crippen LogP contribution in [0.3, 0.4) is 0 Å². The average Bonchev–Trinajstić information content (AvgIpc) is 2.43. The van der Waals surface area contributed by atoms with Crippen LogP contribution >= 0.6 is 11.6 Å². The molecule has 1 aromatic heterocycles. The zero-order valence-electron chi connectivity index (χ0n) is 10.3. The van der Waals surface area contributed by atoms with Crippen molar-refractivity contribution in [2.24, 2.45) is 10.9 Å². The predicted molar refractivity (Wildman–Crippen MR) is 76.7 cm³/mol. The van der Waals surface area contributed by atoms with Gasteiger partial charge in [0.15, 0.2) is 0 Å². The third kappa shape index (κ3) is 4.26. The molecule has 0 bridgehead atoms. The van der Waals surface area contributed by atoms with Crippen molar-refractivity contribution in [3.8, 4) is 5.88 Å². The monoisotopic (exact) mass is 275 g/mol. The Morgan fingerprint density at radius 1 is 1.21 bits per heavy atom. The highest BCUT2D eigenvalue weighted by atomic mass is 35.5. The smallest absolute Gasteiger partial charge is 0.213 e. The second-order valence-electron chi connectivity index (χ2n) is 3.93. The van der Waals surface area contributed by atoms with Crippen LogP contribution in [0.5, 0.6) is 5.88 Å². The van der Waals surface area contributed by atoms with Crippen LogP contribution in [0.25, 0.3) is 0 Å². The summed E-state index contributed by atoms with van der Waals surface area (Å²) < 4.78 is 5.55. The summed E-state index contributed by atoms with van der Waals surface area (Å²) in [7, 11) is 0. The number of nitrogens with zero attached hydrogens (tertiary/aromatic N) is 2. The number of ether oxygens (including phenoxy) is 1. The van der Waals surface area contributed by atoms with E-state index in [2.05, 4.69) is 10.1 Å². The van der Waals surface area contributed by atoms with E-state index < -0.39 is 0 Å². The van der Waals surface area contributed by atoms with Crippen molar-refractivity contribution < 1.29 is 4.74 Å². The van der Waals surface area contributed by atoms with E-state index in [1.54, 1.807) is 12.3 Å². The van der Waals surface area contributed by atoms with Crippen LogP contribution in [0.1, 0.15) is 11.1 Å². The molecule has 1 heterocycles. The van der Waals surface area contributed by atoms with Crippen molar-refractivity contribution in [2.75, 3.05) is 6.61 Å². The Morgan fingerprint density at radius 2 is 2.00 bits per heavy atom. The quantitative estimate of drug-likeness (QED) is 0.518. The Bertz CT molecular complexity index is 538. The molecule has 5 heteroatoms. The van der Waals surface area contributed by atoms with Crippen LogP contribution in [0.4, 0.5) is 0 Å². The van der Waals surface area contributed by atoms with Gasteiger partial charge in [0.1, 0.15) is 0 Å². The number of hydrazone groups is 1. The van der Waals surface area contributed by atoms with E-state index in [1.165, 1.54) is 11.8 Å². The number of aromatic nitrogens is 1. The Balaban J connectivity index is 1.83. The van der Waals surface area contributed by atoms with Gasteiger partial charge in [0.2, 0.25) is 5.88 Å². The van der Waals surface area contributed by atoms with Crippen LogP contribution in [-0.2, 0) is 6.42 Å². The van der Waals surface area contributed by atoms with E-state index in [0.29, 0.717) is 12.5 Å². The number of hydrogen-bond donors (Lipinski definition) is 1. The van der Waals surface area contributed by atoms with Crippen molar-refractivity contribution in [1.82, 2.24) is 4.98 Å². The lowest BCUT2D eigenvalue weighted by atomic mass is 10.2. The van der Waals surface area contributed by atoms with Gasteiger partial charge in [-0.05, 0) is 23.8 Å². The second-order valence-corrected chi connectivity index (χ2v) is 4.37. The van der Waals surface area contributed by atoms with Gasteiger partial charge in [0.25, 0.3) is 0 Å². The molecular formula is C14H14ClN3O. The lowest BCUT2D eigenvalue weighted by molar-refractivity contribution is 0.309. The molecule has 0 amide bonds. The lowest BCUT2D eigenvalue weighted by Gasteiger charge is -2.05. The maximum atomic E-state index is 5.82. The molecule has 0 spiro atoms. The van der Waals surface area contributed by atoms with Crippen LogP contribution < -0.4 is 10.6 Å². The zero-order valence-corrected chi connectivity index (χ0v) is 11.0. The summed E-state index contributed by atoms with van der Waals surface area (Å²) in [5.74, 6) is 5.64. The minimum absolute atomic E-state index is 0.568. The highest BCUT2D eigenvalue weighted by Gasteiger charge is 1.97. The maximum Gasteiger partial charge on any atom is 0.213 e. The summed E-state index contributed by atoms with van der Waals surface area (Å²) in [6.45, 7) is 0.568. The molecule has 0 aliphatic heterocycles. The van der Waals surface area contributed by atoms with Crippen LogP contribution in [-0.4, -0.2) is 17.8 Å². The van der Waals surface area contributed by atoms with Gasteiger partial charge in [-0.25, -0.2) is 4.98 Å². The number of hydrogen-bond acceptors (Lipinski definition) is 4. The molecular weight excluding hydrogens is 262 g/mol. The Morgan fingerprint density at radius 3 is 2.63 bits per heavy atom. The van der Waals surface area contributed by atoms with E-state index in [-0.39, 0.29) is 0 Å². The first kappa shape index (κ1) is 13.4. The molecule has 0 saturated carbocycles. The van der Waals surface area contributed by atoms with Crippen molar-refractivity contribution in [3.05, 3.63) is 58.7 Å². The van der Waals surface area contributed by atoms with E-state index in [9.17, 15) is 0 Å². The van der Waals surface area contributed by atoms with Gasteiger partial charge < -0.3 is 10.6 Å². The van der Waals surface area contributed by atoms with E-state index in [0.717, 1.165) is 17.0 Å². The molecule has 19 heavy (non-hydrogen) atoms. The summed E-state index contributed by atoms with van der Waals surface area (Å²) in [6.07, 6.45) is 4.00. The molecule has 0 atom stereocenters. The highest BCUT2D eigenvalue weighted by Crippen LogP contribution is 2.11. The summed E-state index contributed by atoms with van der Waals surface area (Å²) in [4.78, 5) is 4.15. The molecule has 2 aromatic rings. The molecule has 2 N–H and O–H groups in total. The first-order valence-electron chi connectivity index (χ1n) is 5.84. The van der Waals surface area contributed by atoms with Gasteiger partial charge in [-0.2, -0.15) is 5.10 Å².